The van der Waals surface area contributed by atoms with Crippen molar-refractivity contribution in [3.05, 3.63) is 23.7 Å². The summed E-state index contributed by atoms with van der Waals surface area (Å²) in [5.41, 5.74) is 3.07. The number of carbonyl (C=O) groups is 1. The average Bonchev–Trinajstić information content (AvgIpc) is 3.52. The van der Waals surface area contributed by atoms with Crippen molar-refractivity contribution in [2.45, 2.75) is 57.4 Å². The third-order valence-electron chi connectivity index (χ3n) is 6.94. The number of likely N-dealkylation sites (tertiary alicyclic amines) is 1. The molecule has 5 rings (SSSR count). The molecule has 1 aliphatic carbocycles. The molecule has 10 nitrogen and oxygen atoms in total. The summed E-state index contributed by atoms with van der Waals surface area (Å²) < 4.78 is 7.32. The van der Waals surface area contributed by atoms with Gasteiger partial charge in [0.15, 0.2) is 0 Å². The van der Waals surface area contributed by atoms with Crippen molar-refractivity contribution in [2.24, 2.45) is 0 Å². The number of amides is 1. The molecule has 184 valence electrons. The van der Waals surface area contributed by atoms with Crippen LogP contribution in [0.15, 0.2) is 12.4 Å². The number of rotatable bonds is 9. The van der Waals surface area contributed by atoms with Gasteiger partial charge in [-0.25, -0.2) is 9.78 Å². The summed E-state index contributed by atoms with van der Waals surface area (Å²) in [7, 11) is 2.15. The van der Waals surface area contributed by atoms with Gasteiger partial charge in [-0.3, -0.25) is 4.68 Å². The van der Waals surface area contributed by atoms with Crippen LogP contribution in [0, 0.1) is 6.92 Å². The molecule has 2 aromatic rings. The molecule has 0 radical (unpaired) electrons. The Morgan fingerprint density at radius 2 is 2.09 bits per heavy atom. The Balaban J connectivity index is 1.22. The van der Waals surface area contributed by atoms with Crippen LogP contribution in [0.4, 0.5) is 22.2 Å². The molecule has 1 saturated carbocycles. The Kier molecular flexibility index (Phi) is 6.85. The maximum Gasteiger partial charge on any atom is 0.409 e. The minimum atomic E-state index is -0.190. The predicted molar refractivity (Wildman–Crippen MR) is 131 cm³/mol. The highest BCUT2D eigenvalue weighted by atomic mass is 16.6. The molecule has 10 heteroatoms. The maximum atomic E-state index is 12.0. The van der Waals surface area contributed by atoms with E-state index in [4.69, 9.17) is 14.8 Å². The van der Waals surface area contributed by atoms with Crippen LogP contribution in [-0.2, 0) is 4.74 Å². The SMILES string of the molecule is Cc1nn(C2CCN(C)C2)cc1Nc1ncc(C2CC2)c(NCCCN2CCCCOC2=O)n1. The highest BCUT2D eigenvalue weighted by molar-refractivity contribution is 5.67. The lowest BCUT2D eigenvalue weighted by molar-refractivity contribution is 0.116. The van der Waals surface area contributed by atoms with Gasteiger partial charge in [-0.05, 0) is 65.0 Å². The minimum absolute atomic E-state index is 0.190. The van der Waals surface area contributed by atoms with Crippen LogP contribution in [0.25, 0.3) is 0 Å². The van der Waals surface area contributed by atoms with Gasteiger partial charge in [0.1, 0.15) is 5.82 Å². The van der Waals surface area contributed by atoms with Crippen LogP contribution >= 0.6 is 0 Å². The van der Waals surface area contributed by atoms with E-state index < -0.39 is 0 Å². The standard InChI is InChI=1S/C24H36N8O2/c1-17-21(16-32(29-17)19-8-12-30(2)15-19)27-23-26-14-20(18-6-7-18)22(28-23)25-9-5-11-31-10-3-4-13-34-24(31)33/h14,16,18-19H,3-13,15H2,1-2H3,(H2,25,26,27,28). The number of hydrogen-bond acceptors (Lipinski definition) is 8. The molecule has 2 aromatic heterocycles. The largest absolute Gasteiger partial charge is 0.449 e. The zero-order valence-corrected chi connectivity index (χ0v) is 20.3. The zero-order valence-electron chi connectivity index (χ0n) is 20.3. The van der Waals surface area contributed by atoms with E-state index >= 15 is 0 Å². The van der Waals surface area contributed by atoms with Crippen LogP contribution in [0.3, 0.4) is 0 Å². The molecule has 4 heterocycles. The van der Waals surface area contributed by atoms with E-state index in [1.54, 1.807) is 0 Å². The summed E-state index contributed by atoms with van der Waals surface area (Å²) in [6.45, 7) is 6.89. The first-order chi connectivity index (χ1) is 16.6. The topological polar surface area (TPSA) is 100 Å². The van der Waals surface area contributed by atoms with E-state index in [2.05, 4.69) is 38.4 Å². The van der Waals surface area contributed by atoms with Crippen LogP contribution < -0.4 is 10.6 Å². The molecule has 1 unspecified atom stereocenters. The second-order valence-electron chi connectivity index (χ2n) is 9.80. The van der Waals surface area contributed by atoms with Crippen molar-refractivity contribution in [2.75, 3.05) is 57.0 Å². The highest BCUT2D eigenvalue weighted by Crippen LogP contribution is 2.42. The smallest absolute Gasteiger partial charge is 0.409 e. The number of aromatic nitrogens is 4. The Labute approximate surface area is 201 Å². The van der Waals surface area contributed by atoms with Gasteiger partial charge in [-0.1, -0.05) is 0 Å². The number of likely N-dealkylation sites (N-methyl/N-ethyl adjacent to an activating group) is 1. The number of aryl methyl sites for hydroxylation is 1. The monoisotopic (exact) mass is 468 g/mol. The molecule has 0 bridgehead atoms. The molecule has 0 spiro atoms. The molecule has 1 amide bonds. The normalized spacial score (nSPS) is 21.4. The molecular formula is C24H36N8O2. The number of anilines is 3. The van der Waals surface area contributed by atoms with Crippen LogP contribution in [0.5, 0.6) is 0 Å². The van der Waals surface area contributed by atoms with Gasteiger partial charge in [0.25, 0.3) is 0 Å². The summed E-state index contributed by atoms with van der Waals surface area (Å²) in [5, 5.41) is 11.6. The third kappa shape index (κ3) is 5.43. The Morgan fingerprint density at radius 1 is 1.21 bits per heavy atom. The number of hydrogen-bond donors (Lipinski definition) is 2. The highest BCUT2D eigenvalue weighted by Gasteiger charge is 2.28. The van der Waals surface area contributed by atoms with Crippen LogP contribution in [0.2, 0.25) is 0 Å². The second kappa shape index (κ2) is 10.2. The fraction of sp³-hybridized carbons (Fsp3) is 0.667. The number of nitrogens with zero attached hydrogens (tertiary/aromatic N) is 6. The average molecular weight is 469 g/mol. The lowest BCUT2D eigenvalue weighted by Crippen LogP contribution is -2.32. The van der Waals surface area contributed by atoms with Crippen molar-refractivity contribution in [3.8, 4) is 0 Å². The number of ether oxygens (including phenoxy) is 1. The quantitative estimate of drug-likeness (QED) is 0.539. The first kappa shape index (κ1) is 22.9. The fourth-order valence-electron chi connectivity index (χ4n) is 4.75. The number of carbonyl (C=O) groups excluding carboxylic acids is 1. The van der Waals surface area contributed by atoms with Crippen molar-refractivity contribution < 1.29 is 9.53 Å². The molecule has 2 aliphatic heterocycles. The lowest BCUT2D eigenvalue weighted by Gasteiger charge is -2.19. The Hall–Kier alpha value is -2.88. The van der Waals surface area contributed by atoms with E-state index in [1.807, 2.05) is 18.0 Å². The number of cyclic esters (lactones) is 1. The van der Waals surface area contributed by atoms with E-state index in [0.29, 0.717) is 31.1 Å². The molecule has 1 atom stereocenters. The van der Waals surface area contributed by atoms with E-state index in [1.165, 1.54) is 18.4 Å². The maximum absolute atomic E-state index is 12.0. The number of nitrogens with one attached hydrogen (secondary N) is 2. The van der Waals surface area contributed by atoms with Gasteiger partial charge in [0.05, 0.1) is 24.0 Å². The Morgan fingerprint density at radius 3 is 2.88 bits per heavy atom. The van der Waals surface area contributed by atoms with E-state index in [9.17, 15) is 4.79 Å². The summed E-state index contributed by atoms with van der Waals surface area (Å²) >= 11 is 0. The Bertz CT molecular complexity index is 1000. The lowest BCUT2D eigenvalue weighted by atomic mass is 10.2. The second-order valence-corrected chi connectivity index (χ2v) is 9.80. The van der Waals surface area contributed by atoms with Crippen molar-refractivity contribution in [1.29, 1.82) is 0 Å². The van der Waals surface area contributed by atoms with Gasteiger partial charge in [-0.2, -0.15) is 10.1 Å². The first-order valence-electron chi connectivity index (χ1n) is 12.6. The van der Waals surface area contributed by atoms with Crippen LogP contribution in [-0.4, -0.2) is 82.0 Å². The summed E-state index contributed by atoms with van der Waals surface area (Å²) in [6, 6.07) is 0.413. The van der Waals surface area contributed by atoms with Gasteiger partial charge >= 0.3 is 6.09 Å². The minimum Gasteiger partial charge on any atom is -0.449 e. The molecule has 3 aliphatic rings. The molecule has 2 N–H and O–H groups in total. The fourth-order valence-corrected chi connectivity index (χ4v) is 4.75. The molecule has 2 saturated heterocycles. The van der Waals surface area contributed by atoms with Crippen molar-refractivity contribution in [1.82, 2.24) is 29.5 Å². The third-order valence-corrected chi connectivity index (χ3v) is 6.94. The van der Waals surface area contributed by atoms with Crippen molar-refractivity contribution in [3.63, 3.8) is 0 Å². The van der Waals surface area contributed by atoms with Crippen LogP contribution in [0.1, 0.15) is 61.7 Å². The summed E-state index contributed by atoms with van der Waals surface area (Å²) in [4.78, 5) is 25.6. The predicted octanol–water partition coefficient (Wildman–Crippen LogP) is 3.51. The van der Waals surface area contributed by atoms with Gasteiger partial charge < -0.3 is 25.2 Å². The molecular weight excluding hydrogens is 432 g/mol. The van der Waals surface area contributed by atoms with E-state index in [-0.39, 0.29) is 6.09 Å². The molecule has 34 heavy (non-hydrogen) atoms. The summed E-state index contributed by atoms with van der Waals surface area (Å²) in [6.07, 6.45) is 10.1. The summed E-state index contributed by atoms with van der Waals surface area (Å²) in [5.74, 6) is 2.01. The zero-order chi connectivity index (χ0) is 23.5. The first-order valence-corrected chi connectivity index (χ1v) is 12.6. The molecule has 0 aromatic carbocycles. The molecule has 3 fully saturated rings. The van der Waals surface area contributed by atoms with Gasteiger partial charge in [0, 0.05) is 44.1 Å². The van der Waals surface area contributed by atoms with Crippen molar-refractivity contribution >= 4 is 23.5 Å². The van der Waals surface area contributed by atoms with Gasteiger partial charge in [0.2, 0.25) is 5.95 Å². The van der Waals surface area contributed by atoms with E-state index in [0.717, 1.165) is 69.1 Å². The van der Waals surface area contributed by atoms with Gasteiger partial charge in [-0.15, -0.1) is 0 Å².